The number of hydrogen-bond acceptors (Lipinski definition) is 10. The first kappa shape index (κ1) is 17.9. The van der Waals surface area contributed by atoms with Gasteiger partial charge in [-0.05, 0) is 31.2 Å². The van der Waals surface area contributed by atoms with E-state index >= 15 is 0 Å². The third-order valence-electron chi connectivity index (χ3n) is 3.65. The Bertz CT molecular complexity index is 1070. The SMILES string of the molecule is Cc1ccc(Nc2nc(N)nc(CSc3nnc(-c4cccnc4)o3)n2)cc1. The van der Waals surface area contributed by atoms with E-state index in [2.05, 4.69) is 35.5 Å². The third kappa shape index (κ3) is 4.41. The van der Waals surface area contributed by atoms with Gasteiger partial charge in [0.1, 0.15) is 5.82 Å². The van der Waals surface area contributed by atoms with E-state index in [4.69, 9.17) is 10.2 Å². The average molecular weight is 392 g/mol. The lowest BCUT2D eigenvalue weighted by Crippen LogP contribution is -2.06. The van der Waals surface area contributed by atoms with Crippen molar-refractivity contribution in [3.05, 3.63) is 60.2 Å². The lowest BCUT2D eigenvalue weighted by Gasteiger charge is -2.07. The van der Waals surface area contributed by atoms with Crippen LogP contribution in [0.3, 0.4) is 0 Å². The molecule has 0 saturated heterocycles. The second-order valence-electron chi connectivity index (χ2n) is 5.83. The van der Waals surface area contributed by atoms with Gasteiger partial charge in [-0.3, -0.25) is 4.98 Å². The molecule has 1 aromatic carbocycles. The fourth-order valence-corrected chi connectivity index (χ4v) is 2.94. The molecule has 0 atom stereocenters. The minimum absolute atomic E-state index is 0.141. The van der Waals surface area contributed by atoms with Crippen molar-refractivity contribution >= 4 is 29.3 Å². The van der Waals surface area contributed by atoms with Crippen LogP contribution in [-0.2, 0) is 5.75 Å². The van der Waals surface area contributed by atoms with Crippen LogP contribution < -0.4 is 11.1 Å². The highest BCUT2D eigenvalue weighted by atomic mass is 32.2. The Morgan fingerprint density at radius 2 is 1.93 bits per heavy atom. The molecule has 10 heteroatoms. The summed E-state index contributed by atoms with van der Waals surface area (Å²) in [4.78, 5) is 16.7. The summed E-state index contributed by atoms with van der Waals surface area (Å²) in [6, 6.07) is 11.6. The fourth-order valence-electron chi connectivity index (χ4n) is 2.32. The van der Waals surface area contributed by atoms with Crippen LogP contribution in [0, 0.1) is 6.92 Å². The third-order valence-corrected chi connectivity index (χ3v) is 4.46. The molecule has 3 heterocycles. The molecule has 0 radical (unpaired) electrons. The van der Waals surface area contributed by atoms with E-state index in [9.17, 15) is 0 Å². The first-order chi connectivity index (χ1) is 13.7. The van der Waals surface area contributed by atoms with Crippen molar-refractivity contribution in [2.75, 3.05) is 11.1 Å². The Labute approximate surface area is 164 Å². The van der Waals surface area contributed by atoms with E-state index in [1.807, 2.05) is 43.3 Å². The van der Waals surface area contributed by atoms with Gasteiger partial charge in [0.05, 0.1) is 11.3 Å². The van der Waals surface area contributed by atoms with Crippen molar-refractivity contribution in [2.24, 2.45) is 0 Å². The summed E-state index contributed by atoms with van der Waals surface area (Å²) >= 11 is 1.32. The van der Waals surface area contributed by atoms with E-state index in [1.165, 1.54) is 17.3 Å². The monoisotopic (exact) mass is 392 g/mol. The van der Waals surface area contributed by atoms with Crippen LogP contribution in [0.1, 0.15) is 11.4 Å². The molecular formula is C18H16N8OS. The number of hydrogen-bond donors (Lipinski definition) is 2. The number of nitrogens with two attached hydrogens (primary N) is 1. The molecule has 0 saturated carbocycles. The van der Waals surface area contributed by atoms with Gasteiger partial charge in [-0.25, -0.2) is 0 Å². The van der Waals surface area contributed by atoms with Gasteiger partial charge in [-0.15, -0.1) is 10.2 Å². The number of nitrogens with one attached hydrogen (secondary N) is 1. The van der Waals surface area contributed by atoms with Gasteiger partial charge in [0.15, 0.2) is 0 Å². The molecule has 0 fully saturated rings. The fraction of sp³-hybridized carbons (Fsp3) is 0.111. The molecule has 0 aliphatic rings. The minimum atomic E-state index is 0.141. The second kappa shape index (κ2) is 8.01. The highest BCUT2D eigenvalue weighted by Gasteiger charge is 2.11. The van der Waals surface area contributed by atoms with E-state index in [1.54, 1.807) is 12.4 Å². The molecule has 4 aromatic rings. The topological polar surface area (TPSA) is 129 Å². The number of thioether (sulfide) groups is 1. The Hall–Kier alpha value is -3.53. The number of rotatable bonds is 6. The summed E-state index contributed by atoms with van der Waals surface area (Å²) in [6.45, 7) is 2.03. The van der Waals surface area contributed by atoms with Crippen LogP contribution in [0.15, 0.2) is 58.4 Å². The Morgan fingerprint density at radius 1 is 1.07 bits per heavy atom. The number of nitrogen functional groups attached to an aromatic ring is 1. The molecule has 140 valence electrons. The molecule has 0 amide bonds. The molecule has 3 aromatic heterocycles. The number of aromatic nitrogens is 6. The number of pyridine rings is 1. The summed E-state index contributed by atoms with van der Waals surface area (Å²) in [5.41, 5.74) is 8.61. The number of nitrogens with zero attached hydrogens (tertiary/aromatic N) is 6. The lowest BCUT2D eigenvalue weighted by atomic mass is 10.2. The lowest BCUT2D eigenvalue weighted by molar-refractivity contribution is 0.465. The van der Waals surface area contributed by atoms with Crippen molar-refractivity contribution in [1.29, 1.82) is 0 Å². The standard InChI is InChI=1S/C18H16N8OS/c1-11-4-6-13(7-5-11)21-17-23-14(22-16(19)24-17)10-28-18-26-25-15(27-18)12-3-2-8-20-9-12/h2-9H,10H2,1H3,(H3,19,21,22,23,24). The molecular weight excluding hydrogens is 376 g/mol. The van der Waals surface area contributed by atoms with Crippen molar-refractivity contribution in [3.8, 4) is 11.5 Å². The number of anilines is 3. The second-order valence-corrected chi connectivity index (χ2v) is 6.75. The maximum absolute atomic E-state index is 5.82. The molecule has 0 bridgehead atoms. The maximum Gasteiger partial charge on any atom is 0.277 e. The highest BCUT2D eigenvalue weighted by Crippen LogP contribution is 2.25. The van der Waals surface area contributed by atoms with Gasteiger partial charge in [-0.2, -0.15) is 15.0 Å². The maximum atomic E-state index is 5.82. The van der Waals surface area contributed by atoms with E-state index < -0.39 is 0 Å². The van der Waals surface area contributed by atoms with Crippen LogP contribution in [0.2, 0.25) is 0 Å². The normalized spacial score (nSPS) is 10.8. The zero-order valence-corrected chi connectivity index (χ0v) is 15.7. The van der Waals surface area contributed by atoms with Crippen LogP contribution >= 0.6 is 11.8 Å². The predicted molar refractivity (Wildman–Crippen MR) is 106 cm³/mol. The highest BCUT2D eigenvalue weighted by molar-refractivity contribution is 7.98. The average Bonchev–Trinajstić information content (AvgIpc) is 3.18. The van der Waals surface area contributed by atoms with Crippen LogP contribution in [-0.4, -0.2) is 30.1 Å². The Kier molecular flexibility index (Phi) is 5.11. The van der Waals surface area contributed by atoms with Crippen molar-refractivity contribution < 1.29 is 4.42 Å². The molecule has 3 N–H and O–H groups in total. The zero-order chi connectivity index (χ0) is 19.3. The summed E-state index contributed by atoms with van der Waals surface area (Å²) in [7, 11) is 0. The summed E-state index contributed by atoms with van der Waals surface area (Å²) in [5, 5.41) is 11.6. The van der Waals surface area contributed by atoms with Gasteiger partial charge in [0, 0.05) is 18.1 Å². The zero-order valence-electron chi connectivity index (χ0n) is 14.9. The van der Waals surface area contributed by atoms with E-state index in [-0.39, 0.29) is 5.95 Å². The summed E-state index contributed by atoms with van der Waals surface area (Å²) in [5.74, 6) is 1.85. The van der Waals surface area contributed by atoms with Crippen molar-refractivity contribution in [2.45, 2.75) is 17.9 Å². The molecule has 4 rings (SSSR count). The summed E-state index contributed by atoms with van der Waals surface area (Å²) < 4.78 is 5.64. The molecule has 28 heavy (non-hydrogen) atoms. The number of aryl methyl sites for hydroxylation is 1. The smallest absolute Gasteiger partial charge is 0.277 e. The van der Waals surface area contributed by atoms with Gasteiger partial charge in [0.2, 0.25) is 17.8 Å². The molecule has 0 unspecified atom stereocenters. The number of benzene rings is 1. The molecule has 0 aliphatic carbocycles. The van der Waals surface area contributed by atoms with Crippen molar-refractivity contribution in [1.82, 2.24) is 30.1 Å². The quantitative estimate of drug-likeness (QED) is 0.472. The largest absolute Gasteiger partial charge is 0.411 e. The first-order valence-electron chi connectivity index (χ1n) is 8.36. The van der Waals surface area contributed by atoms with Crippen LogP contribution in [0.5, 0.6) is 0 Å². The molecule has 9 nitrogen and oxygen atoms in total. The Morgan fingerprint density at radius 3 is 2.71 bits per heavy atom. The van der Waals surface area contributed by atoms with Crippen molar-refractivity contribution in [3.63, 3.8) is 0 Å². The minimum Gasteiger partial charge on any atom is -0.411 e. The first-order valence-corrected chi connectivity index (χ1v) is 9.35. The van der Waals surface area contributed by atoms with Gasteiger partial charge in [-0.1, -0.05) is 29.5 Å². The van der Waals surface area contributed by atoms with Crippen LogP contribution in [0.4, 0.5) is 17.6 Å². The Balaban J connectivity index is 1.44. The van der Waals surface area contributed by atoms with Crippen LogP contribution in [0.25, 0.3) is 11.5 Å². The predicted octanol–water partition coefficient (Wildman–Crippen LogP) is 3.24. The molecule has 0 spiro atoms. The van der Waals surface area contributed by atoms with Gasteiger partial charge >= 0.3 is 0 Å². The van der Waals surface area contributed by atoms with Gasteiger partial charge in [0.25, 0.3) is 5.22 Å². The summed E-state index contributed by atoms with van der Waals surface area (Å²) in [6.07, 6.45) is 3.35. The molecule has 0 aliphatic heterocycles. The van der Waals surface area contributed by atoms with E-state index in [0.29, 0.717) is 28.6 Å². The van der Waals surface area contributed by atoms with Gasteiger partial charge < -0.3 is 15.5 Å². The van der Waals surface area contributed by atoms with E-state index in [0.717, 1.165) is 11.3 Å².